The van der Waals surface area contributed by atoms with Gasteiger partial charge in [0.25, 0.3) is 0 Å². The molecule has 0 radical (unpaired) electrons. The maximum absolute atomic E-state index is 11.9. The van der Waals surface area contributed by atoms with E-state index in [2.05, 4.69) is 10.6 Å². The monoisotopic (exact) mass is 354 g/mol. The molecule has 1 fully saturated rings. The smallest absolute Gasteiger partial charge is 0.407 e. The lowest BCUT2D eigenvalue weighted by molar-refractivity contribution is 0.129. The van der Waals surface area contributed by atoms with E-state index in [1.807, 2.05) is 48.5 Å². The third-order valence-electron chi connectivity index (χ3n) is 4.59. The predicted octanol–water partition coefficient (Wildman–Crippen LogP) is 3.33. The lowest BCUT2D eigenvalue weighted by Gasteiger charge is -2.36. The van der Waals surface area contributed by atoms with E-state index < -0.39 is 0 Å². The average Bonchev–Trinajstić information content (AvgIpc) is 2.65. The van der Waals surface area contributed by atoms with Crippen LogP contribution >= 0.6 is 0 Å². The lowest BCUT2D eigenvalue weighted by Crippen LogP contribution is -2.49. The van der Waals surface area contributed by atoms with Gasteiger partial charge in [-0.15, -0.1) is 0 Å². The van der Waals surface area contributed by atoms with Gasteiger partial charge < -0.3 is 24.8 Å². The van der Waals surface area contributed by atoms with Gasteiger partial charge in [0, 0.05) is 23.8 Å². The zero-order chi connectivity index (χ0) is 17.8. The van der Waals surface area contributed by atoms with Gasteiger partial charge in [-0.25, -0.2) is 4.79 Å². The predicted molar refractivity (Wildman–Crippen MR) is 97.6 cm³/mol. The van der Waals surface area contributed by atoms with Crippen LogP contribution in [-0.2, 0) is 11.3 Å². The van der Waals surface area contributed by atoms with Crippen LogP contribution in [0, 0.1) is 0 Å². The average molecular weight is 354 g/mol. The summed E-state index contributed by atoms with van der Waals surface area (Å²) in [5.74, 6) is 1.57. The minimum Gasteiger partial charge on any atom is -0.486 e. The number of nitrogens with one attached hydrogen (secondary N) is 2. The Morgan fingerprint density at radius 2 is 1.77 bits per heavy atom. The van der Waals surface area contributed by atoms with Crippen LogP contribution in [0.5, 0.6) is 11.5 Å². The maximum atomic E-state index is 11.9. The van der Waals surface area contributed by atoms with Gasteiger partial charge in [-0.2, -0.15) is 0 Å². The second-order valence-electron chi connectivity index (χ2n) is 6.57. The standard InChI is InChI=1S/C20H22N2O4/c23-20(26-13-14-4-2-1-3-5-14)22-17-10-16(11-17)21-15-6-7-18-19(12-15)25-9-8-24-18/h1-7,12,16-17,21H,8-11,13H2,(H,22,23). The molecular formula is C20H22N2O4. The van der Waals surface area contributed by atoms with E-state index in [1.54, 1.807) is 0 Å². The highest BCUT2D eigenvalue weighted by Crippen LogP contribution is 2.34. The van der Waals surface area contributed by atoms with E-state index >= 15 is 0 Å². The van der Waals surface area contributed by atoms with Crippen molar-refractivity contribution < 1.29 is 19.0 Å². The number of ether oxygens (including phenoxy) is 3. The largest absolute Gasteiger partial charge is 0.486 e. The van der Waals surface area contributed by atoms with Crippen molar-refractivity contribution in [1.82, 2.24) is 5.32 Å². The topological polar surface area (TPSA) is 68.8 Å². The molecule has 1 aliphatic heterocycles. The molecule has 1 amide bonds. The van der Waals surface area contributed by atoms with Crippen LogP contribution in [0.3, 0.4) is 0 Å². The summed E-state index contributed by atoms with van der Waals surface area (Å²) in [7, 11) is 0. The number of carbonyl (C=O) groups is 1. The Labute approximate surface area is 152 Å². The molecule has 0 atom stereocenters. The SMILES string of the molecule is O=C(NC1CC(Nc2ccc3c(c2)OCCO3)C1)OCc1ccccc1. The lowest BCUT2D eigenvalue weighted by atomic mass is 9.86. The van der Waals surface area contributed by atoms with Crippen molar-refractivity contribution in [3.63, 3.8) is 0 Å². The number of anilines is 1. The summed E-state index contributed by atoms with van der Waals surface area (Å²) in [5, 5.41) is 6.37. The molecule has 2 N–H and O–H groups in total. The normalized spacial score (nSPS) is 20.6. The van der Waals surface area contributed by atoms with Gasteiger partial charge in [0.15, 0.2) is 11.5 Å². The summed E-state index contributed by atoms with van der Waals surface area (Å²) in [6.07, 6.45) is 1.38. The summed E-state index contributed by atoms with van der Waals surface area (Å²) in [6.45, 7) is 1.46. The molecule has 0 aromatic heterocycles. The van der Waals surface area contributed by atoms with Crippen LogP contribution in [0.15, 0.2) is 48.5 Å². The van der Waals surface area contributed by atoms with E-state index in [1.165, 1.54) is 0 Å². The van der Waals surface area contributed by atoms with Gasteiger partial charge in [0.1, 0.15) is 19.8 Å². The molecule has 6 nitrogen and oxygen atoms in total. The molecule has 26 heavy (non-hydrogen) atoms. The number of carbonyl (C=O) groups excluding carboxylic acids is 1. The van der Waals surface area contributed by atoms with Crippen molar-refractivity contribution in [2.24, 2.45) is 0 Å². The molecule has 0 bridgehead atoms. The number of hydrogen-bond donors (Lipinski definition) is 2. The Hall–Kier alpha value is -2.89. The fourth-order valence-corrected chi connectivity index (χ4v) is 3.15. The summed E-state index contributed by atoms with van der Waals surface area (Å²) in [5.41, 5.74) is 1.98. The number of fused-ring (bicyclic) bond motifs is 1. The molecule has 1 aliphatic carbocycles. The highest BCUT2D eigenvalue weighted by atomic mass is 16.6. The molecule has 1 heterocycles. The van der Waals surface area contributed by atoms with Gasteiger partial charge in [0.05, 0.1) is 0 Å². The number of alkyl carbamates (subject to hydrolysis) is 1. The van der Waals surface area contributed by atoms with Crippen LogP contribution < -0.4 is 20.1 Å². The Morgan fingerprint density at radius 3 is 2.58 bits per heavy atom. The third-order valence-corrected chi connectivity index (χ3v) is 4.59. The molecule has 1 saturated carbocycles. The zero-order valence-electron chi connectivity index (χ0n) is 14.4. The minimum absolute atomic E-state index is 0.146. The van der Waals surface area contributed by atoms with Crippen molar-refractivity contribution in [3.05, 3.63) is 54.1 Å². The molecule has 2 aliphatic rings. The number of rotatable bonds is 5. The molecular weight excluding hydrogens is 332 g/mol. The zero-order valence-corrected chi connectivity index (χ0v) is 14.4. The van der Waals surface area contributed by atoms with E-state index in [9.17, 15) is 4.79 Å². The van der Waals surface area contributed by atoms with Crippen molar-refractivity contribution in [2.75, 3.05) is 18.5 Å². The molecule has 0 spiro atoms. The van der Waals surface area contributed by atoms with Gasteiger partial charge >= 0.3 is 6.09 Å². The van der Waals surface area contributed by atoms with Crippen molar-refractivity contribution in [1.29, 1.82) is 0 Å². The van der Waals surface area contributed by atoms with E-state index in [0.29, 0.717) is 19.3 Å². The molecule has 4 rings (SSSR count). The highest BCUT2D eigenvalue weighted by Gasteiger charge is 2.30. The Balaban J connectivity index is 1.19. The molecule has 0 saturated heterocycles. The van der Waals surface area contributed by atoms with Crippen molar-refractivity contribution in [2.45, 2.75) is 31.5 Å². The van der Waals surface area contributed by atoms with Gasteiger partial charge in [0.2, 0.25) is 0 Å². The first kappa shape index (κ1) is 16.6. The fourth-order valence-electron chi connectivity index (χ4n) is 3.15. The van der Waals surface area contributed by atoms with Crippen molar-refractivity contribution >= 4 is 11.8 Å². The molecule has 2 aromatic carbocycles. The Bertz CT molecular complexity index is 760. The quantitative estimate of drug-likeness (QED) is 0.862. The summed E-state index contributed by atoms with van der Waals surface area (Å²) in [6, 6.07) is 16.0. The van der Waals surface area contributed by atoms with Crippen LogP contribution in [0.4, 0.5) is 10.5 Å². The molecule has 136 valence electrons. The second kappa shape index (κ2) is 7.56. The Morgan fingerprint density at radius 1 is 1.00 bits per heavy atom. The summed E-state index contributed by atoms with van der Waals surface area (Å²) in [4.78, 5) is 11.9. The number of benzene rings is 2. The van der Waals surface area contributed by atoms with Gasteiger partial charge in [-0.3, -0.25) is 0 Å². The van der Waals surface area contributed by atoms with Crippen LogP contribution in [0.25, 0.3) is 0 Å². The van der Waals surface area contributed by atoms with E-state index in [0.717, 1.165) is 35.6 Å². The Kier molecular flexibility index (Phi) is 4.82. The minimum atomic E-state index is -0.364. The van der Waals surface area contributed by atoms with Gasteiger partial charge in [-0.05, 0) is 30.5 Å². The second-order valence-corrected chi connectivity index (χ2v) is 6.57. The first-order valence-electron chi connectivity index (χ1n) is 8.90. The van der Waals surface area contributed by atoms with E-state index in [4.69, 9.17) is 14.2 Å². The van der Waals surface area contributed by atoms with Crippen LogP contribution in [0.1, 0.15) is 18.4 Å². The molecule has 6 heteroatoms. The highest BCUT2D eigenvalue weighted by molar-refractivity contribution is 5.68. The summed E-state index contributed by atoms with van der Waals surface area (Å²) < 4.78 is 16.4. The van der Waals surface area contributed by atoms with E-state index in [-0.39, 0.29) is 18.7 Å². The maximum Gasteiger partial charge on any atom is 0.407 e. The fraction of sp³-hybridized carbons (Fsp3) is 0.350. The first-order valence-corrected chi connectivity index (χ1v) is 8.90. The number of hydrogen-bond acceptors (Lipinski definition) is 5. The number of amides is 1. The first-order chi connectivity index (χ1) is 12.8. The molecule has 2 aromatic rings. The van der Waals surface area contributed by atoms with Gasteiger partial charge in [-0.1, -0.05) is 30.3 Å². The van der Waals surface area contributed by atoms with Crippen molar-refractivity contribution in [3.8, 4) is 11.5 Å². The summed E-state index contributed by atoms with van der Waals surface area (Å²) >= 11 is 0. The third kappa shape index (κ3) is 4.02. The van der Waals surface area contributed by atoms with Crippen LogP contribution in [-0.4, -0.2) is 31.4 Å². The molecule has 0 unspecified atom stereocenters. The van der Waals surface area contributed by atoms with Crippen LogP contribution in [0.2, 0.25) is 0 Å².